The molecule has 0 unspecified atom stereocenters. The molecule has 8 nitrogen and oxygen atoms in total. The maximum absolute atomic E-state index is 13.7. The highest BCUT2D eigenvalue weighted by Crippen LogP contribution is 2.41. The lowest BCUT2D eigenvalue weighted by molar-refractivity contribution is -0.176. The summed E-state index contributed by atoms with van der Waals surface area (Å²) in [5.74, 6) is 0.182. The summed E-state index contributed by atoms with van der Waals surface area (Å²) in [7, 11) is 0. The van der Waals surface area contributed by atoms with Gasteiger partial charge in [0.05, 0.1) is 17.8 Å². The topological polar surface area (TPSA) is 77.7 Å². The number of rotatable bonds is 3. The summed E-state index contributed by atoms with van der Waals surface area (Å²) in [6, 6.07) is 10.6. The van der Waals surface area contributed by atoms with E-state index in [4.69, 9.17) is 9.40 Å². The smallest absolute Gasteiger partial charge is 0.393 e. The van der Waals surface area contributed by atoms with Crippen LogP contribution in [0.4, 0.5) is 41.0 Å². The SMILES string of the molecule is O=C(Nc1cccc(-c2cnco2)c1)N1c2nc(N3CCC[C@H](C(F)(F)F)C3)ccc2N2CCC1CC2. The van der Waals surface area contributed by atoms with Gasteiger partial charge in [-0.2, -0.15) is 13.2 Å². The Kier molecular flexibility index (Phi) is 5.92. The van der Waals surface area contributed by atoms with E-state index >= 15 is 0 Å². The molecule has 1 aromatic carbocycles. The molecule has 11 heteroatoms. The van der Waals surface area contributed by atoms with Crippen molar-refractivity contribution < 1.29 is 22.4 Å². The summed E-state index contributed by atoms with van der Waals surface area (Å²) >= 11 is 0. The highest BCUT2D eigenvalue weighted by Gasteiger charge is 2.43. The summed E-state index contributed by atoms with van der Waals surface area (Å²) in [6.07, 6.45) is 0.874. The lowest BCUT2D eigenvalue weighted by Gasteiger charge is -2.35. The molecule has 2 saturated heterocycles. The molecule has 4 aliphatic heterocycles. The van der Waals surface area contributed by atoms with Gasteiger partial charge in [0.25, 0.3) is 0 Å². The molecule has 0 aliphatic carbocycles. The molecular weight excluding hydrogens is 485 g/mol. The fraction of sp³-hybridized carbons (Fsp3) is 0.423. The number of pyridine rings is 1. The first kappa shape index (κ1) is 23.6. The Bertz CT molecular complexity index is 1270. The second-order valence-corrected chi connectivity index (χ2v) is 9.80. The van der Waals surface area contributed by atoms with E-state index in [1.807, 2.05) is 24.3 Å². The number of fused-ring (bicyclic) bond motifs is 2. The summed E-state index contributed by atoms with van der Waals surface area (Å²) in [6.45, 7) is 1.97. The maximum atomic E-state index is 13.7. The fourth-order valence-electron chi connectivity index (χ4n) is 5.58. The number of oxazole rings is 1. The average Bonchev–Trinajstić information content (AvgIpc) is 3.34. The van der Waals surface area contributed by atoms with Crippen molar-refractivity contribution in [3.63, 3.8) is 0 Å². The van der Waals surface area contributed by atoms with Crippen LogP contribution in [-0.4, -0.2) is 54.4 Å². The van der Waals surface area contributed by atoms with Crippen molar-refractivity contribution in [1.29, 1.82) is 0 Å². The predicted octanol–water partition coefficient (Wildman–Crippen LogP) is 5.54. The number of hydrogen-bond donors (Lipinski definition) is 1. The molecule has 1 N–H and O–H groups in total. The molecule has 4 aliphatic rings. The Labute approximate surface area is 212 Å². The third-order valence-electron chi connectivity index (χ3n) is 7.50. The van der Waals surface area contributed by atoms with Gasteiger partial charge in [-0.15, -0.1) is 0 Å². The molecule has 3 aromatic rings. The molecule has 194 valence electrons. The van der Waals surface area contributed by atoms with Crippen molar-refractivity contribution in [2.45, 2.75) is 37.9 Å². The van der Waals surface area contributed by atoms with Crippen molar-refractivity contribution in [2.24, 2.45) is 5.92 Å². The summed E-state index contributed by atoms with van der Waals surface area (Å²) in [5, 5.41) is 3.00. The minimum Gasteiger partial charge on any atom is -0.444 e. The second-order valence-electron chi connectivity index (χ2n) is 9.80. The Hall–Kier alpha value is -3.76. The van der Waals surface area contributed by atoms with Gasteiger partial charge in [-0.3, -0.25) is 4.90 Å². The normalized spacial score (nSPS) is 20.1. The molecule has 0 radical (unpaired) electrons. The van der Waals surface area contributed by atoms with Gasteiger partial charge in [-0.05, 0) is 49.9 Å². The minimum absolute atomic E-state index is 0.0537. The number of halogens is 3. The molecule has 2 amide bonds. The number of benzene rings is 1. The zero-order valence-electron chi connectivity index (χ0n) is 20.1. The summed E-state index contributed by atoms with van der Waals surface area (Å²) in [5.41, 5.74) is 2.21. The molecule has 7 rings (SSSR count). The van der Waals surface area contributed by atoms with Gasteiger partial charge in [0, 0.05) is 43.5 Å². The molecule has 2 bridgehead atoms. The Balaban J connectivity index is 1.31. The van der Waals surface area contributed by atoms with Crippen LogP contribution >= 0.6 is 0 Å². The van der Waals surface area contributed by atoms with Crippen LogP contribution in [0.1, 0.15) is 25.7 Å². The first-order chi connectivity index (χ1) is 17.9. The van der Waals surface area contributed by atoms with Gasteiger partial charge >= 0.3 is 12.2 Å². The van der Waals surface area contributed by atoms with Crippen molar-refractivity contribution in [1.82, 2.24) is 9.97 Å². The van der Waals surface area contributed by atoms with Crippen LogP contribution in [-0.2, 0) is 0 Å². The summed E-state index contributed by atoms with van der Waals surface area (Å²) < 4.78 is 45.7. The first-order valence-electron chi connectivity index (χ1n) is 12.5. The number of aromatic nitrogens is 2. The molecule has 37 heavy (non-hydrogen) atoms. The Morgan fingerprint density at radius 1 is 1.05 bits per heavy atom. The Morgan fingerprint density at radius 2 is 1.89 bits per heavy atom. The monoisotopic (exact) mass is 512 g/mol. The van der Waals surface area contributed by atoms with Crippen LogP contribution in [0.25, 0.3) is 11.3 Å². The number of hydrogen-bond acceptors (Lipinski definition) is 6. The van der Waals surface area contributed by atoms with Crippen LogP contribution in [0.15, 0.2) is 53.4 Å². The number of nitrogens with one attached hydrogen (secondary N) is 1. The van der Waals surface area contributed by atoms with E-state index in [1.165, 1.54) is 6.39 Å². The zero-order chi connectivity index (χ0) is 25.6. The van der Waals surface area contributed by atoms with Crippen molar-refractivity contribution in [2.75, 3.05) is 46.2 Å². The fourth-order valence-corrected chi connectivity index (χ4v) is 5.58. The van der Waals surface area contributed by atoms with Crippen LogP contribution in [0.3, 0.4) is 0 Å². The number of anilines is 4. The van der Waals surface area contributed by atoms with E-state index in [-0.39, 0.29) is 25.0 Å². The number of carbonyl (C=O) groups excluding carboxylic acids is 1. The molecule has 0 spiro atoms. The highest BCUT2D eigenvalue weighted by atomic mass is 19.4. The highest BCUT2D eigenvalue weighted by molar-refractivity contribution is 6.04. The molecule has 0 saturated carbocycles. The number of amides is 2. The molecule has 6 heterocycles. The van der Waals surface area contributed by atoms with Crippen molar-refractivity contribution >= 4 is 29.0 Å². The maximum Gasteiger partial charge on any atom is 0.393 e. The van der Waals surface area contributed by atoms with Gasteiger partial charge < -0.3 is 19.5 Å². The molecule has 1 atom stereocenters. The van der Waals surface area contributed by atoms with Crippen LogP contribution < -0.4 is 20.0 Å². The third kappa shape index (κ3) is 4.58. The zero-order valence-corrected chi connectivity index (χ0v) is 20.1. The minimum atomic E-state index is -4.23. The number of alkyl halides is 3. The lowest BCUT2D eigenvalue weighted by Crippen LogP contribution is -2.46. The van der Waals surface area contributed by atoms with E-state index in [0.717, 1.165) is 37.2 Å². The van der Waals surface area contributed by atoms with Gasteiger partial charge in [-0.1, -0.05) is 12.1 Å². The predicted molar refractivity (Wildman–Crippen MR) is 134 cm³/mol. The van der Waals surface area contributed by atoms with Crippen molar-refractivity contribution in [3.8, 4) is 11.3 Å². The quantitative estimate of drug-likeness (QED) is 0.497. The molecular formula is C26H27F3N6O2. The average molecular weight is 513 g/mol. The van der Waals surface area contributed by atoms with E-state index in [9.17, 15) is 18.0 Å². The first-order valence-corrected chi connectivity index (χ1v) is 12.5. The van der Waals surface area contributed by atoms with E-state index in [0.29, 0.717) is 36.0 Å². The molecule has 2 aromatic heterocycles. The number of carbonyl (C=O) groups is 1. The van der Waals surface area contributed by atoms with Gasteiger partial charge in [0.15, 0.2) is 18.0 Å². The Morgan fingerprint density at radius 3 is 2.65 bits per heavy atom. The van der Waals surface area contributed by atoms with Crippen LogP contribution in [0.5, 0.6) is 0 Å². The van der Waals surface area contributed by atoms with Crippen LogP contribution in [0, 0.1) is 5.92 Å². The van der Waals surface area contributed by atoms with Gasteiger partial charge in [0.2, 0.25) is 0 Å². The van der Waals surface area contributed by atoms with Gasteiger partial charge in [-0.25, -0.2) is 14.8 Å². The van der Waals surface area contributed by atoms with E-state index < -0.39 is 12.1 Å². The van der Waals surface area contributed by atoms with E-state index in [1.54, 1.807) is 28.1 Å². The van der Waals surface area contributed by atoms with Gasteiger partial charge in [0.1, 0.15) is 5.82 Å². The molecule has 2 fully saturated rings. The third-order valence-corrected chi connectivity index (χ3v) is 7.50. The lowest BCUT2D eigenvalue weighted by atomic mass is 9.97. The number of urea groups is 1. The van der Waals surface area contributed by atoms with Crippen molar-refractivity contribution in [3.05, 3.63) is 49.0 Å². The van der Waals surface area contributed by atoms with Crippen LogP contribution in [0.2, 0.25) is 0 Å². The number of nitrogens with zero attached hydrogens (tertiary/aromatic N) is 5. The standard InChI is InChI=1S/C26H27F3N6O2/c27-26(28,29)18-4-2-10-34(15-18)23-7-6-21-24(32-23)35(20-8-11-33(21)12-9-20)25(36)31-19-5-1-3-17(13-19)22-14-30-16-37-22/h1,3,5-7,13-14,16,18,20H,2,4,8-12,15H2,(H,31,36)/t18-/m0/s1. The second kappa shape index (κ2) is 9.28. The number of piperidine rings is 2. The summed E-state index contributed by atoms with van der Waals surface area (Å²) in [4.78, 5) is 28.1. The largest absolute Gasteiger partial charge is 0.444 e. The van der Waals surface area contributed by atoms with E-state index in [2.05, 4.69) is 15.2 Å².